The minimum Gasteiger partial charge on any atom is -0.240 e. The molecule has 0 aliphatic carbocycles. The van der Waals surface area contributed by atoms with Crippen LogP contribution < -0.4 is 0 Å². The first-order valence-corrected chi connectivity index (χ1v) is 11.1. The number of nitrogens with zero attached hydrogens (tertiary/aromatic N) is 4. The zero-order valence-corrected chi connectivity index (χ0v) is 18.2. The first kappa shape index (κ1) is 20.6. The Morgan fingerprint density at radius 2 is 1.61 bits per heavy atom. The van der Waals surface area contributed by atoms with E-state index in [1.54, 1.807) is 12.1 Å². The van der Waals surface area contributed by atoms with Crippen molar-refractivity contribution in [1.29, 1.82) is 5.26 Å². The predicted molar refractivity (Wildman–Crippen MR) is 130 cm³/mol. The van der Waals surface area contributed by atoms with Gasteiger partial charge in [-0.2, -0.15) is 10.4 Å². The number of hydrogen-bond acceptors (Lipinski definition) is 4. The van der Waals surface area contributed by atoms with Crippen LogP contribution in [-0.2, 0) is 0 Å². The Balaban J connectivity index is 1.58. The Morgan fingerprint density at radius 1 is 0.909 bits per heavy atom. The van der Waals surface area contributed by atoms with Gasteiger partial charge in [0.05, 0.1) is 22.6 Å². The molecule has 0 aliphatic heterocycles. The van der Waals surface area contributed by atoms with Crippen molar-refractivity contribution in [3.63, 3.8) is 0 Å². The Labute approximate surface area is 194 Å². The number of para-hydroxylation sites is 1. The Hall–Kier alpha value is -4.34. The minimum atomic E-state index is -0.296. The maximum absolute atomic E-state index is 13.3. The summed E-state index contributed by atoms with van der Waals surface area (Å²) < 4.78 is 15.1. The number of aromatic nitrogens is 3. The SMILES string of the molecule is N#CC(=Cc1cn(-c2ccccc2)nc1-c1ccccc1)c1nc(-c2ccc(F)cc2)cs1. The van der Waals surface area contributed by atoms with Crippen LogP contribution in [-0.4, -0.2) is 14.8 Å². The van der Waals surface area contributed by atoms with Gasteiger partial charge in [0, 0.05) is 28.3 Å². The van der Waals surface area contributed by atoms with E-state index in [9.17, 15) is 9.65 Å². The number of allylic oxidation sites excluding steroid dienone is 1. The van der Waals surface area contributed by atoms with Crippen LogP contribution in [0.2, 0.25) is 0 Å². The monoisotopic (exact) mass is 448 g/mol. The molecular weight excluding hydrogens is 431 g/mol. The summed E-state index contributed by atoms with van der Waals surface area (Å²) in [6.07, 6.45) is 3.74. The van der Waals surface area contributed by atoms with Gasteiger partial charge in [-0.1, -0.05) is 48.5 Å². The summed E-state index contributed by atoms with van der Waals surface area (Å²) in [6, 6.07) is 28.2. The highest BCUT2D eigenvalue weighted by molar-refractivity contribution is 7.11. The molecule has 33 heavy (non-hydrogen) atoms. The molecule has 3 aromatic carbocycles. The molecular formula is C27H17FN4S. The van der Waals surface area contributed by atoms with Crippen molar-refractivity contribution >= 4 is 23.0 Å². The van der Waals surface area contributed by atoms with E-state index < -0.39 is 0 Å². The van der Waals surface area contributed by atoms with Gasteiger partial charge in [-0.25, -0.2) is 14.1 Å². The standard InChI is InChI=1S/C27H17FN4S/c28-23-13-11-19(12-14-23)25-18-33-27(30-25)21(16-29)15-22-17-32(24-9-5-2-6-10-24)31-26(22)20-7-3-1-4-8-20/h1-15,17-18H. The molecule has 0 saturated carbocycles. The van der Waals surface area contributed by atoms with Gasteiger partial charge >= 0.3 is 0 Å². The van der Waals surface area contributed by atoms with Crippen LogP contribution in [0.15, 0.2) is 96.5 Å². The van der Waals surface area contributed by atoms with E-state index in [2.05, 4.69) is 11.1 Å². The van der Waals surface area contributed by atoms with E-state index in [4.69, 9.17) is 5.10 Å². The summed E-state index contributed by atoms with van der Waals surface area (Å²) in [7, 11) is 0. The number of benzene rings is 3. The molecule has 2 heterocycles. The third kappa shape index (κ3) is 4.36. The van der Waals surface area contributed by atoms with Crippen LogP contribution in [0.3, 0.4) is 0 Å². The van der Waals surface area contributed by atoms with Gasteiger partial charge in [-0.15, -0.1) is 11.3 Å². The van der Waals surface area contributed by atoms with Crippen molar-refractivity contribution in [2.75, 3.05) is 0 Å². The van der Waals surface area contributed by atoms with Crippen LogP contribution in [0.1, 0.15) is 10.6 Å². The number of hydrogen-bond donors (Lipinski definition) is 0. The fraction of sp³-hybridized carbons (Fsp3) is 0. The first-order chi connectivity index (χ1) is 16.2. The molecule has 0 saturated heterocycles. The van der Waals surface area contributed by atoms with Crippen molar-refractivity contribution in [3.05, 3.63) is 113 Å². The summed E-state index contributed by atoms with van der Waals surface area (Å²) in [5.41, 5.74) is 5.45. The van der Waals surface area contributed by atoms with E-state index in [1.165, 1.54) is 23.5 Å². The third-order valence-corrected chi connectivity index (χ3v) is 5.98. The van der Waals surface area contributed by atoms with Crippen LogP contribution in [0, 0.1) is 17.1 Å². The molecule has 0 fully saturated rings. The van der Waals surface area contributed by atoms with Crippen molar-refractivity contribution in [3.8, 4) is 34.3 Å². The second-order valence-corrected chi connectivity index (χ2v) is 8.15. The third-order valence-electron chi connectivity index (χ3n) is 5.11. The molecule has 5 aromatic rings. The smallest absolute Gasteiger partial charge is 0.134 e. The summed E-state index contributed by atoms with van der Waals surface area (Å²) >= 11 is 1.38. The lowest BCUT2D eigenvalue weighted by Crippen LogP contribution is -1.93. The molecule has 0 atom stereocenters. The van der Waals surface area contributed by atoms with Gasteiger partial charge in [0.15, 0.2) is 0 Å². The van der Waals surface area contributed by atoms with Crippen molar-refractivity contribution in [2.24, 2.45) is 0 Å². The summed E-state index contributed by atoms with van der Waals surface area (Å²) in [4.78, 5) is 4.62. The average Bonchev–Trinajstić information content (AvgIpc) is 3.52. The molecule has 0 N–H and O–H groups in total. The van der Waals surface area contributed by atoms with Gasteiger partial charge in [0.2, 0.25) is 0 Å². The average molecular weight is 449 g/mol. The van der Waals surface area contributed by atoms with E-state index in [-0.39, 0.29) is 5.82 Å². The lowest BCUT2D eigenvalue weighted by Gasteiger charge is -2.00. The van der Waals surface area contributed by atoms with Gasteiger partial charge in [-0.3, -0.25) is 0 Å². The highest BCUT2D eigenvalue weighted by Crippen LogP contribution is 2.30. The van der Waals surface area contributed by atoms with Crippen LogP contribution in [0.25, 0.3) is 39.9 Å². The first-order valence-electron chi connectivity index (χ1n) is 10.3. The quantitative estimate of drug-likeness (QED) is 0.276. The van der Waals surface area contributed by atoms with E-state index in [0.29, 0.717) is 16.3 Å². The lowest BCUT2D eigenvalue weighted by atomic mass is 10.1. The maximum Gasteiger partial charge on any atom is 0.134 e. The Kier molecular flexibility index (Phi) is 5.62. The fourth-order valence-electron chi connectivity index (χ4n) is 3.47. The highest BCUT2D eigenvalue weighted by atomic mass is 32.1. The molecule has 2 aromatic heterocycles. The molecule has 0 unspecified atom stereocenters. The van der Waals surface area contributed by atoms with Gasteiger partial charge < -0.3 is 0 Å². The molecule has 0 aliphatic rings. The molecule has 0 radical (unpaired) electrons. The van der Waals surface area contributed by atoms with Crippen molar-refractivity contribution < 1.29 is 4.39 Å². The molecule has 0 spiro atoms. The van der Waals surface area contributed by atoms with E-state index in [1.807, 2.05) is 83.0 Å². The van der Waals surface area contributed by atoms with E-state index in [0.717, 1.165) is 28.1 Å². The number of thiazole rings is 1. The number of halogens is 1. The predicted octanol–water partition coefficient (Wildman–Crippen LogP) is 6.87. The largest absolute Gasteiger partial charge is 0.240 e. The molecule has 4 nitrogen and oxygen atoms in total. The second-order valence-electron chi connectivity index (χ2n) is 7.29. The van der Waals surface area contributed by atoms with Crippen LogP contribution >= 0.6 is 11.3 Å². The second kappa shape index (κ2) is 9.03. The number of nitriles is 1. The lowest BCUT2D eigenvalue weighted by molar-refractivity contribution is 0.628. The minimum absolute atomic E-state index is 0.296. The maximum atomic E-state index is 13.3. The summed E-state index contributed by atoms with van der Waals surface area (Å²) in [6.45, 7) is 0. The van der Waals surface area contributed by atoms with Gasteiger partial charge in [0.1, 0.15) is 16.9 Å². The van der Waals surface area contributed by atoms with Crippen LogP contribution in [0.5, 0.6) is 0 Å². The van der Waals surface area contributed by atoms with Crippen LogP contribution in [0.4, 0.5) is 4.39 Å². The Morgan fingerprint density at radius 3 is 2.30 bits per heavy atom. The summed E-state index contributed by atoms with van der Waals surface area (Å²) in [5.74, 6) is -0.296. The Bertz CT molecular complexity index is 1460. The zero-order valence-electron chi connectivity index (χ0n) is 17.4. The molecule has 5 rings (SSSR count). The molecule has 158 valence electrons. The number of rotatable bonds is 5. The van der Waals surface area contributed by atoms with Gasteiger partial charge in [0.25, 0.3) is 0 Å². The zero-order chi connectivity index (χ0) is 22.6. The van der Waals surface area contributed by atoms with E-state index >= 15 is 0 Å². The van der Waals surface area contributed by atoms with Gasteiger partial charge in [-0.05, 0) is 42.5 Å². The van der Waals surface area contributed by atoms with Crippen molar-refractivity contribution in [1.82, 2.24) is 14.8 Å². The van der Waals surface area contributed by atoms with Crippen molar-refractivity contribution in [2.45, 2.75) is 0 Å². The molecule has 6 heteroatoms. The summed E-state index contributed by atoms with van der Waals surface area (Å²) in [5, 5.41) is 17.2. The topological polar surface area (TPSA) is 54.5 Å². The normalized spacial score (nSPS) is 11.3. The molecule has 0 amide bonds. The molecule has 0 bridgehead atoms. The highest BCUT2D eigenvalue weighted by Gasteiger charge is 2.14. The fourth-order valence-corrected chi connectivity index (χ4v) is 4.27.